The zero-order valence-electron chi connectivity index (χ0n) is 7.16. The van der Waals surface area contributed by atoms with Crippen molar-refractivity contribution in [2.24, 2.45) is 0 Å². The van der Waals surface area contributed by atoms with E-state index in [0.29, 0.717) is 13.1 Å². The lowest BCUT2D eigenvalue weighted by Crippen LogP contribution is -2.42. The molecule has 0 aliphatic heterocycles. The topological polar surface area (TPSA) is 33.0 Å². The average molecular weight is 165 g/mol. The third-order valence-electron chi connectivity index (χ3n) is 1.48. The summed E-state index contributed by atoms with van der Waals surface area (Å²) in [6, 6.07) is 5.73. The average Bonchev–Trinajstić information content (AvgIpc) is 2.06. The number of likely N-dealkylation sites (N-methyl/N-ethyl adjacent to an activating group) is 1. The van der Waals surface area contributed by atoms with Crippen LogP contribution in [-0.4, -0.2) is 12.5 Å². The second kappa shape index (κ2) is 4.49. The maximum absolute atomic E-state index is 11.1. The maximum Gasteiger partial charge on any atom is 0.285 e. The van der Waals surface area contributed by atoms with Crippen LogP contribution in [0.4, 0.5) is 0 Å². The van der Waals surface area contributed by atoms with Crippen molar-refractivity contribution in [3.8, 4) is 0 Å². The van der Waals surface area contributed by atoms with Gasteiger partial charge in [-0.3, -0.25) is 4.79 Å². The van der Waals surface area contributed by atoms with Gasteiger partial charge in [0.1, 0.15) is 0 Å². The summed E-state index contributed by atoms with van der Waals surface area (Å²) in [5.74, 6) is 0.0497. The van der Waals surface area contributed by atoms with Crippen LogP contribution in [0.5, 0.6) is 0 Å². The van der Waals surface area contributed by atoms with Crippen molar-refractivity contribution in [3.63, 3.8) is 0 Å². The van der Waals surface area contributed by atoms with Crippen molar-refractivity contribution >= 4 is 5.91 Å². The van der Waals surface area contributed by atoms with Crippen molar-refractivity contribution in [2.45, 2.75) is 13.5 Å². The molecule has 0 radical (unpaired) electrons. The van der Waals surface area contributed by atoms with Crippen LogP contribution in [0.25, 0.3) is 0 Å². The van der Waals surface area contributed by atoms with Crippen molar-refractivity contribution in [2.75, 3.05) is 6.54 Å². The molecule has 64 valence electrons. The number of hydrogen-bond acceptors (Lipinski definition) is 1. The summed E-state index contributed by atoms with van der Waals surface area (Å²) in [7, 11) is 0. The molecule has 1 amide bonds. The molecular formula is C9H13N2O+. The Bertz CT molecular complexity index is 246. The SMILES string of the molecule is CCNC(=O)C[n+]1ccccc1. The van der Waals surface area contributed by atoms with Crippen LogP contribution in [0.3, 0.4) is 0 Å². The van der Waals surface area contributed by atoms with Crippen molar-refractivity contribution in [3.05, 3.63) is 30.6 Å². The molecule has 1 aromatic heterocycles. The van der Waals surface area contributed by atoms with Crippen LogP contribution >= 0.6 is 0 Å². The van der Waals surface area contributed by atoms with E-state index < -0.39 is 0 Å². The molecule has 0 aliphatic rings. The highest BCUT2D eigenvalue weighted by Crippen LogP contribution is 1.76. The Morgan fingerprint density at radius 2 is 2.00 bits per heavy atom. The number of rotatable bonds is 3. The van der Waals surface area contributed by atoms with Gasteiger partial charge in [0, 0.05) is 18.7 Å². The summed E-state index contributed by atoms with van der Waals surface area (Å²) in [6.07, 6.45) is 3.74. The molecule has 0 saturated carbocycles. The second-order valence-electron chi connectivity index (χ2n) is 2.50. The van der Waals surface area contributed by atoms with Crippen LogP contribution in [0.2, 0.25) is 0 Å². The monoisotopic (exact) mass is 165 g/mol. The Morgan fingerprint density at radius 3 is 2.58 bits per heavy atom. The number of amides is 1. The number of aromatic nitrogens is 1. The molecule has 3 heteroatoms. The Labute approximate surface area is 72.0 Å². The van der Waals surface area contributed by atoms with E-state index >= 15 is 0 Å². The molecule has 1 aromatic rings. The van der Waals surface area contributed by atoms with Gasteiger partial charge in [0.05, 0.1) is 0 Å². The molecule has 0 bridgehead atoms. The largest absolute Gasteiger partial charge is 0.351 e. The standard InChI is InChI=1S/C9H12N2O/c1-2-10-9(12)8-11-6-4-3-5-7-11/h3-7H,2,8H2,1H3/p+1. The molecule has 0 atom stereocenters. The molecule has 12 heavy (non-hydrogen) atoms. The van der Waals surface area contributed by atoms with E-state index in [4.69, 9.17) is 0 Å². The fourth-order valence-corrected chi connectivity index (χ4v) is 0.959. The minimum atomic E-state index is 0.0497. The summed E-state index contributed by atoms with van der Waals surface area (Å²) >= 11 is 0. The number of carbonyl (C=O) groups excluding carboxylic acids is 1. The van der Waals surface area contributed by atoms with E-state index in [-0.39, 0.29) is 5.91 Å². The first-order valence-electron chi connectivity index (χ1n) is 4.03. The van der Waals surface area contributed by atoms with Gasteiger partial charge in [-0.1, -0.05) is 6.07 Å². The van der Waals surface area contributed by atoms with Gasteiger partial charge in [-0.05, 0) is 6.92 Å². The molecule has 1 heterocycles. The van der Waals surface area contributed by atoms with E-state index in [1.165, 1.54) is 0 Å². The number of hydrogen-bond donors (Lipinski definition) is 1. The van der Waals surface area contributed by atoms with E-state index in [1.807, 2.05) is 42.1 Å². The molecule has 0 aliphatic carbocycles. The third kappa shape index (κ3) is 2.70. The van der Waals surface area contributed by atoms with E-state index in [0.717, 1.165) is 0 Å². The van der Waals surface area contributed by atoms with Gasteiger partial charge in [-0.2, -0.15) is 4.57 Å². The Kier molecular flexibility index (Phi) is 3.26. The Balaban J connectivity index is 2.47. The first-order valence-corrected chi connectivity index (χ1v) is 4.03. The van der Waals surface area contributed by atoms with Crippen molar-refractivity contribution in [1.29, 1.82) is 0 Å². The van der Waals surface area contributed by atoms with Crippen LogP contribution in [0.1, 0.15) is 6.92 Å². The van der Waals surface area contributed by atoms with Gasteiger partial charge in [-0.15, -0.1) is 0 Å². The van der Waals surface area contributed by atoms with Gasteiger partial charge in [0.2, 0.25) is 6.54 Å². The number of nitrogens with one attached hydrogen (secondary N) is 1. The lowest BCUT2D eigenvalue weighted by Gasteiger charge is -1.97. The molecule has 0 fully saturated rings. The highest BCUT2D eigenvalue weighted by molar-refractivity contribution is 5.74. The molecule has 1 N–H and O–H groups in total. The fraction of sp³-hybridized carbons (Fsp3) is 0.333. The van der Waals surface area contributed by atoms with Crippen LogP contribution in [0.15, 0.2) is 30.6 Å². The lowest BCUT2D eigenvalue weighted by atomic mass is 10.4. The normalized spacial score (nSPS) is 9.42. The summed E-state index contributed by atoms with van der Waals surface area (Å²) < 4.78 is 1.84. The zero-order valence-corrected chi connectivity index (χ0v) is 7.16. The Hall–Kier alpha value is -1.38. The molecule has 3 nitrogen and oxygen atoms in total. The van der Waals surface area contributed by atoms with Crippen molar-refractivity contribution in [1.82, 2.24) is 5.32 Å². The summed E-state index contributed by atoms with van der Waals surface area (Å²) in [5, 5.41) is 2.73. The van der Waals surface area contributed by atoms with Crippen LogP contribution in [-0.2, 0) is 11.3 Å². The molecule has 0 saturated heterocycles. The number of nitrogens with zero attached hydrogens (tertiary/aromatic N) is 1. The maximum atomic E-state index is 11.1. The first kappa shape index (κ1) is 8.71. The fourth-order valence-electron chi connectivity index (χ4n) is 0.959. The molecule has 1 rings (SSSR count). The molecule has 0 spiro atoms. The summed E-state index contributed by atoms with van der Waals surface area (Å²) in [5.41, 5.74) is 0. The van der Waals surface area contributed by atoms with Crippen LogP contribution < -0.4 is 9.88 Å². The lowest BCUT2D eigenvalue weighted by molar-refractivity contribution is -0.684. The van der Waals surface area contributed by atoms with Crippen LogP contribution in [0, 0.1) is 0 Å². The molecule has 0 aromatic carbocycles. The molecule has 0 unspecified atom stereocenters. The number of pyridine rings is 1. The quantitative estimate of drug-likeness (QED) is 0.634. The summed E-state index contributed by atoms with van der Waals surface area (Å²) in [6.45, 7) is 2.99. The predicted octanol–water partition coefficient (Wildman–Crippen LogP) is 0.110. The Morgan fingerprint density at radius 1 is 1.33 bits per heavy atom. The minimum Gasteiger partial charge on any atom is -0.351 e. The first-order chi connectivity index (χ1) is 5.83. The second-order valence-corrected chi connectivity index (χ2v) is 2.50. The smallest absolute Gasteiger partial charge is 0.285 e. The summed E-state index contributed by atoms with van der Waals surface area (Å²) in [4.78, 5) is 11.1. The van der Waals surface area contributed by atoms with E-state index in [1.54, 1.807) is 0 Å². The van der Waals surface area contributed by atoms with Gasteiger partial charge >= 0.3 is 0 Å². The van der Waals surface area contributed by atoms with Gasteiger partial charge in [0.25, 0.3) is 5.91 Å². The van der Waals surface area contributed by atoms with Gasteiger partial charge in [-0.25, -0.2) is 0 Å². The molecular weight excluding hydrogens is 152 g/mol. The van der Waals surface area contributed by atoms with E-state index in [2.05, 4.69) is 5.32 Å². The highest BCUT2D eigenvalue weighted by Gasteiger charge is 2.05. The number of carbonyl (C=O) groups is 1. The van der Waals surface area contributed by atoms with Gasteiger partial charge in [0.15, 0.2) is 12.4 Å². The van der Waals surface area contributed by atoms with E-state index in [9.17, 15) is 4.79 Å². The zero-order chi connectivity index (χ0) is 8.81. The minimum absolute atomic E-state index is 0.0497. The van der Waals surface area contributed by atoms with Crippen molar-refractivity contribution < 1.29 is 9.36 Å². The predicted molar refractivity (Wildman–Crippen MR) is 45.3 cm³/mol. The highest BCUT2D eigenvalue weighted by atomic mass is 16.1. The van der Waals surface area contributed by atoms with Gasteiger partial charge < -0.3 is 5.32 Å². The third-order valence-corrected chi connectivity index (χ3v) is 1.48.